The highest BCUT2D eigenvalue weighted by molar-refractivity contribution is 5.43. The minimum Gasteiger partial charge on any atom is -0.386 e. The van der Waals surface area contributed by atoms with Crippen molar-refractivity contribution in [2.45, 2.75) is 18.4 Å². The number of aliphatic hydroxyl groups is 1. The van der Waals surface area contributed by atoms with Crippen LogP contribution in [0.5, 0.6) is 0 Å². The molecular weight excluding hydrogens is 197 g/mol. The molecule has 2 fully saturated rings. The molecule has 1 N–H and O–H groups in total. The van der Waals surface area contributed by atoms with Crippen molar-refractivity contribution in [1.29, 1.82) is 0 Å². The van der Waals surface area contributed by atoms with E-state index in [9.17, 15) is 9.50 Å². The van der Waals surface area contributed by atoms with Gasteiger partial charge in [0.1, 0.15) is 5.60 Å². The van der Waals surface area contributed by atoms with E-state index < -0.39 is 11.5 Å². The van der Waals surface area contributed by atoms with Crippen LogP contribution in [0.1, 0.15) is 12.8 Å². The van der Waals surface area contributed by atoms with Gasteiger partial charge in [-0.1, -0.05) is 0 Å². The van der Waals surface area contributed by atoms with Crippen LogP contribution in [-0.4, -0.2) is 33.8 Å². The summed E-state index contributed by atoms with van der Waals surface area (Å²) in [6, 6.07) is 0. The highest BCUT2D eigenvalue weighted by atomic mass is 19.1. The Morgan fingerprint density at radius 3 is 2.60 bits per heavy atom. The van der Waals surface area contributed by atoms with Crippen LogP contribution >= 0.6 is 0 Å². The predicted molar refractivity (Wildman–Crippen MR) is 51.9 cm³/mol. The second-order valence-corrected chi connectivity index (χ2v) is 4.40. The maximum absolute atomic E-state index is 13.2. The Kier molecular flexibility index (Phi) is 1.74. The summed E-state index contributed by atoms with van der Waals surface area (Å²) in [5, 5.41) is 10.1. The molecule has 3 rings (SSSR count). The normalized spacial score (nSPS) is 23.7. The Bertz CT molecular complexity index is 388. The minimum atomic E-state index is -0.607. The number of rotatable bonds is 2. The Hall–Kier alpha value is -1.23. The van der Waals surface area contributed by atoms with Crippen molar-refractivity contribution in [2.75, 3.05) is 18.0 Å². The summed E-state index contributed by atoms with van der Waals surface area (Å²) < 4.78 is 13.2. The second-order valence-electron chi connectivity index (χ2n) is 4.40. The van der Waals surface area contributed by atoms with Gasteiger partial charge in [-0.15, -0.1) is 0 Å². The van der Waals surface area contributed by atoms with Crippen molar-refractivity contribution in [3.8, 4) is 0 Å². The van der Waals surface area contributed by atoms with Gasteiger partial charge in [-0.2, -0.15) is 4.39 Å². The van der Waals surface area contributed by atoms with Crippen LogP contribution in [0, 0.1) is 11.9 Å². The number of β-amino-alcohol motifs (C(OH)–C–C–N with tert-alkyl or cyclic N) is 1. The molecule has 0 amide bonds. The van der Waals surface area contributed by atoms with Crippen LogP contribution in [0.2, 0.25) is 0 Å². The molecule has 2 heterocycles. The number of hydrogen-bond donors (Lipinski definition) is 1. The first kappa shape index (κ1) is 9.03. The number of aromatic nitrogens is 2. The van der Waals surface area contributed by atoms with E-state index in [2.05, 4.69) is 9.97 Å². The van der Waals surface area contributed by atoms with E-state index in [1.807, 2.05) is 0 Å². The second kappa shape index (κ2) is 2.88. The van der Waals surface area contributed by atoms with Gasteiger partial charge in [0.05, 0.1) is 13.1 Å². The summed E-state index contributed by atoms with van der Waals surface area (Å²) >= 11 is 0. The molecule has 1 aliphatic carbocycles. The van der Waals surface area contributed by atoms with Gasteiger partial charge in [-0.25, -0.2) is 9.97 Å². The summed E-state index contributed by atoms with van der Waals surface area (Å²) in [4.78, 5) is 9.20. The molecule has 0 atom stereocenters. The van der Waals surface area contributed by atoms with Gasteiger partial charge in [0.2, 0.25) is 0 Å². The Morgan fingerprint density at radius 1 is 1.33 bits per heavy atom. The molecule has 4 nitrogen and oxygen atoms in total. The molecule has 0 spiro atoms. The smallest absolute Gasteiger partial charge is 0.255 e. The highest BCUT2D eigenvalue weighted by Gasteiger charge is 2.52. The molecule has 5 heteroatoms. The molecule has 1 aliphatic heterocycles. The fourth-order valence-electron chi connectivity index (χ4n) is 2.17. The largest absolute Gasteiger partial charge is 0.386 e. The number of anilines is 1. The Morgan fingerprint density at radius 2 is 2.00 bits per heavy atom. The van der Waals surface area contributed by atoms with E-state index in [1.165, 1.54) is 12.4 Å². The van der Waals surface area contributed by atoms with Crippen molar-refractivity contribution in [2.24, 2.45) is 5.92 Å². The van der Waals surface area contributed by atoms with Crippen LogP contribution in [0.3, 0.4) is 0 Å². The maximum atomic E-state index is 13.2. The molecule has 1 saturated heterocycles. The average molecular weight is 209 g/mol. The van der Waals surface area contributed by atoms with E-state index in [1.54, 1.807) is 4.90 Å². The lowest BCUT2D eigenvalue weighted by Gasteiger charge is -2.47. The van der Waals surface area contributed by atoms with Crippen LogP contribution in [-0.2, 0) is 0 Å². The first-order chi connectivity index (χ1) is 7.19. The third-order valence-electron chi connectivity index (χ3n) is 3.20. The third-order valence-corrected chi connectivity index (χ3v) is 3.20. The topological polar surface area (TPSA) is 49.2 Å². The minimum absolute atomic E-state index is 0.253. The van der Waals surface area contributed by atoms with Gasteiger partial charge in [0, 0.05) is 12.4 Å². The molecule has 15 heavy (non-hydrogen) atoms. The summed E-state index contributed by atoms with van der Waals surface area (Å²) in [5.41, 5.74) is -0.607. The standard InChI is InChI=1S/C10H12FN3O/c11-8-9(13-4-3-12-8)14-5-10(15,6-14)7-1-2-7/h3-4,7,15H,1-2,5-6H2. The highest BCUT2D eigenvalue weighted by Crippen LogP contribution is 2.45. The van der Waals surface area contributed by atoms with Gasteiger partial charge in [-0.05, 0) is 18.8 Å². The lowest BCUT2D eigenvalue weighted by atomic mass is 9.89. The number of hydrogen-bond acceptors (Lipinski definition) is 4. The van der Waals surface area contributed by atoms with Gasteiger partial charge in [-0.3, -0.25) is 0 Å². The molecule has 0 aromatic carbocycles. The quantitative estimate of drug-likeness (QED) is 0.774. The van der Waals surface area contributed by atoms with Crippen LogP contribution < -0.4 is 4.90 Å². The summed E-state index contributed by atoms with van der Waals surface area (Å²) in [5.74, 6) is 0.103. The molecule has 1 saturated carbocycles. The van der Waals surface area contributed by atoms with Crippen molar-refractivity contribution in [3.63, 3.8) is 0 Å². The van der Waals surface area contributed by atoms with E-state index in [4.69, 9.17) is 0 Å². The summed E-state index contributed by atoms with van der Waals surface area (Å²) in [6.45, 7) is 0.959. The average Bonchev–Trinajstić information content (AvgIpc) is 2.97. The molecular formula is C10H12FN3O. The predicted octanol–water partition coefficient (Wildman–Crippen LogP) is 0.577. The molecule has 2 aliphatic rings. The fraction of sp³-hybridized carbons (Fsp3) is 0.600. The van der Waals surface area contributed by atoms with Crippen LogP contribution in [0.25, 0.3) is 0 Å². The zero-order valence-corrected chi connectivity index (χ0v) is 8.23. The van der Waals surface area contributed by atoms with Gasteiger partial charge in [0.25, 0.3) is 5.95 Å². The summed E-state index contributed by atoms with van der Waals surface area (Å²) in [6.07, 6.45) is 4.97. The first-order valence-electron chi connectivity index (χ1n) is 5.13. The van der Waals surface area contributed by atoms with E-state index in [0.29, 0.717) is 19.0 Å². The van der Waals surface area contributed by atoms with Crippen LogP contribution in [0.4, 0.5) is 10.2 Å². The van der Waals surface area contributed by atoms with Crippen molar-refractivity contribution in [3.05, 3.63) is 18.3 Å². The zero-order chi connectivity index (χ0) is 10.5. The lowest BCUT2D eigenvalue weighted by molar-refractivity contribution is -0.0102. The molecule has 1 aromatic rings. The molecule has 80 valence electrons. The monoisotopic (exact) mass is 209 g/mol. The van der Waals surface area contributed by atoms with Crippen molar-refractivity contribution >= 4 is 5.82 Å². The van der Waals surface area contributed by atoms with E-state index in [-0.39, 0.29) is 5.82 Å². The van der Waals surface area contributed by atoms with Gasteiger partial charge < -0.3 is 10.0 Å². The first-order valence-corrected chi connectivity index (χ1v) is 5.13. The molecule has 1 aromatic heterocycles. The Balaban J connectivity index is 1.74. The molecule has 0 unspecified atom stereocenters. The van der Waals surface area contributed by atoms with Crippen LogP contribution in [0.15, 0.2) is 12.4 Å². The maximum Gasteiger partial charge on any atom is 0.255 e. The lowest BCUT2D eigenvalue weighted by Crippen LogP contribution is -2.63. The summed E-state index contributed by atoms with van der Waals surface area (Å²) in [7, 11) is 0. The SMILES string of the molecule is OC1(C2CC2)CN(c2nccnc2F)C1. The van der Waals surface area contributed by atoms with E-state index >= 15 is 0 Å². The van der Waals surface area contributed by atoms with Crippen molar-refractivity contribution < 1.29 is 9.50 Å². The molecule has 0 bridgehead atoms. The Labute approximate surface area is 86.8 Å². The number of halogens is 1. The van der Waals surface area contributed by atoms with Gasteiger partial charge in [0.15, 0.2) is 5.82 Å². The van der Waals surface area contributed by atoms with E-state index in [0.717, 1.165) is 12.8 Å². The van der Waals surface area contributed by atoms with Crippen molar-refractivity contribution in [1.82, 2.24) is 9.97 Å². The van der Waals surface area contributed by atoms with Gasteiger partial charge >= 0.3 is 0 Å². The molecule has 0 radical (unpaired) electrons. The fourth-order valence-corrected chi connectivity index (χ4v) is 2.17. The third kappa shape index (κ3) is 1.38. The number of nitrogens with zero attached hydrogens (tertiary/aromatic N) is 3. The zero-order valence-electron chi connectivity index (χ0n) is 8.23.